The van der Waals surface area contributed by atoms with Crippen molar-refractivity contribution in [2.75, 3.05) is 10.6 Å². The van der Waals surface area contributed by atoms with E-state index in [0.29, 0.717) is 17.4 Å². The Labute approximate surface area is 170 Å². The van der Waals surface area contributed by atoms with E-state index < -0.39 is 6.04 Å². The number of hydrogen-bond donors (Lipinski definition) is 4. The molecule has 0 saturated heterocycles. The SMILES string of the molecule is CC(=O)NC(CC(=O)Nc1ccc(NC(=O)NC2CC2)cc1)c1ccc(C)cc1. The number of carbonyl (C=O) groups excluding carboxylic acids is 3. The molecule has 3 rings (SSSR count). The van der Waals surface area contributed by atoms with Crippen molar-refractivity contribution >= 4 is 29.2 Å². The first-order valence-electron chi connectivity index (χ1n) is 9.70. The molecule has 1 saturated carbocycles. The van der Waals surface area contributed by atoms with Crippen molar-refractivity contribution in [3.05, 3.63) is 59.7 Å². The molecule has 7 nitrogen and oxygen atoms in total. The number of anilines is 2. The quantitative estimate of drug-likeness (QED) is 0.578. The summed E-state index contributed by atoms with van der Waals surface area (Å²) in [5.41, 5.74) is 3.26. The number of urea groups is 1. The third kappa shape index (κ3) is 6.64. The van der Waals surface area contributed by atoms with Gasteiger partial charge in [-0.3, -0.25) is 9.59 Å². The summed E-state index contributed by atoms with van der Waals surface area (Å²) in [5, 5.41) is 11.3. The zero-order chi connectivity index (χ0) is 20.8. The molecule has 29 heavy (non-hydrogen) atoms. The minimum atomic E-state index is -0.403. The van der Waals surface area contributed by atoms with Crippen molar-refractivity contribution in [2.45, 2.75) is 45.2 Å². The maximum atomic E-state index is 12.5. The molecule has 4 N–H and O–H groups in total. The minimum absolute atomic E-state index is 0.117. The summed E-state index contributed by atoms with van der Waals surface area (Å²) < 4.78 is 0. The van der Waals surface area contributed by atoms with Crippen molar-refractivity contribution in [2.24, 2.45) is 0 Å². The molecule has 0 radical (unpaired) electrons. The topological polar surface area (TPSA) is 99.3 Å². The number of benzene rings is 2. The highest BCUT2D eigenvalue weighted by Gasteiger charge is 2.23. The first-order valence-corrected chi connectivity index (χ1v) is 9.70. The number of rotatable bonds is 7. The number of nitrogens with one attached hydrogen (secondary N) is 4. The lowest BCUT2D eigenvalue weighted by Gasteiger charge is -2.18. The molecular weight excluding hydrogens is 368 g/mol. The summed E-state index contributed by atoms with van der Waals surface area (Å²) in [6.45, 7) is 3.42. The van der Waals surface area contributed by atoms with Crippen molar-refractivity contribution in [1.82, 2.24) is 10.6 Å². The second-order valence-electron chi connectivity index (χ2n) is 7.37. The van der Waals surface area contributed by atoms with Gasteiger partial charge in [-0.05, 0) is 49.6 Å². The summed E-state index contributed by atoms with van der Waals surface area (Å²) in [6, 6.07) is 14.3. The molecule has 1 aliphatic carbocycles. The van der Waals surface area contributed by atoms with Crippen molar-refractivity contribution in [3.63, 3.8) is 0 Å². The molecular formula is C22H26N4O3. The summed E-state index contributed by atoms with van der Waals surface area (Å²) in [5.74, 6) is -0.403. The van der Waals surface area contributed by atoms with Crippen molar-refractivity contribution < 1.29 is 14.4 Å². The zero-order valence-corrected chi connectivity index (χ0v) is 16.6. The first kappa shape index (κ1) is 20.4. The van der Waals surface area contributed by atoms with E-state index in [2.05, 4.69) is 21.3 Å². The molecule has 2 aromatic rings. The van der Waals surface area contributed by atoms with Crippen molar-refractivity contribution in [1.29, 1.82) is 0 Å². The van der Waals surface area contributed by atoms with Gasteiger partial charge in [0.2, 0.25) is 11.8 Å². The average molecular weight is 394 g/mol. The first-order chi connectivity index (χ1) is 13.9. The lowest BCUT2D eigenvalue weighted by Crippen LogP contribution is -2.30. The fourth-order valence-corrected chi connectivity index (χ4v) is 2.91. The highest BCUT2D eigenvalue weighted by Crippen LogP contribution is 2.21. The van der Waals surface area contributed by atoms with Crippen LogP contribution in [0.1, 0.15) is 43.4 Å². The van der Waals surface area contributed by atoms with E-state index in [-0.39, 0.29) is 24.3 Å². The van der Waals surface area contributed by atoms with Gasteiger partial charge in [0.25, 0.3) is 0 Å². The van der Waals surface area contributed by atoms with Crippen LogP contribution in [0, 0.1) is 6.92 Å². The van der Waals surface area contributed by atoms with E-state index in [1.54, 1.807) is 24.3 Å². The van der Waals surface area contributed by atoms with Gasteiger partial charge in [0.05, 0.1) is 12.5 Å². The molecule has 1 fully saturated rings. The molecule has 2 aromatic carbocycles. The Hall–Kier alpha value is -3.35. The molecule has 7 heteroatoms. The van der Waals surface area contributed by atoms with Crippen LogP contribution in [0.2, 0.25) is 0 Å². The Morgan fingerprint density at radius 2 is 1.52 bits per heavy atom. The molecule has 0 heterocycles. The molecule has 4 amide bonds. The van der Waals surface area contributed by atoms with E-state index in [1.807, 2.05) is 31.2 Å². The van der Waals surface area contributed by atoms with E-state index in [0.717, 1.165) is 24.0 Å². The van der Waals surface area contributed by atoms with Crippen LogP contribution in [0.3, 0.4) is 0 Å². The number of amides is 4. The fraction of sp³-hybridized carbons (Fsp3) is 0.318. The maximum Gasteiger partial charge on any atom is 0.319 e. The van der Waals surface area contributed by atoms with Gasteiger partial charge in [0.1, 0.15) is 0 Å². The average Bonchev–Trinajstić information content (AvgIpc) is 3.47. The molecule has 1 unspecified atom stereocenters. The third-order valence-electron chi connectivity index (χ3n) is 4.59. The monoisotopic (exact) mass is 394 g/mol. The molecule has 1 aliphatic rings. The normalized spacial score (nSPS) is 13.9. The van der Waals surface area contributed by atoms with Crippen LogP contribution >= 0.6 is 0 Å². The van der Waals surface area contributed by atoms with Gasteiger partial charge < -0.3 is 21.3 Å². The summed E-state index contributed by atoms with van der Waals surface area (Å²) in [7, 11) is 0. The van der Waals surface area contributed by atoms with Crippen LogP contribution in [0.4, 0.5) is 16.2 Å². The predicted molar refractivity (Wildman–Crippen MR) is 113 cm³/mol. The van der Waals surface area contributed by atoms with E-state index >= 15 is 0 Å². The van der Waals surface area contributed by atoms with Crippen LogP contribution in [0.5, 0.6) is 0 Å². The molecule has 0 aromatic heterocycles. The van der Waals surface area contributed by atoms with Crippen LogP contribution in [0.15, 0.2) is 48.5 Å². The summed E-state index contributed by atoms with van der Waals surface area (Å²) in [6.07, 6.45) is 2.17. The lowest BCUT2D eigenvalue weighted by atomic mass is 10.0. The minimum Gasteiger partial charge on any atom is -0.349 e. The zero-order valence-electron chi connectivity index (χ0n) is 16.6. The van der Waals surface area contributed by atoms with Gasteiger partial charge in [0.15, 0.2) is 0 Å². The molecule has 0 aliphatic heterocycles. The van der Waals surface area contributed by atoms with Crippen LogP contribution in [-0.4, -0.2) is 23.9 Å². The van der Waals surface area contributed by atoms with Gasteiger partial charge in [-0.2, -0.15) is 0 Å². The molecule has 0 spiro atoms. The molecule has 1 atom stereocenters. The Bertz CT molecular complexity index is 874. The third-order valence-corrected chi connectivity index (χ3v) is 4.59. The smallest absolute Gasteiger partial charge is 0.319 e. The lowest BCUT2D eigenvalue weighted by molar-refractivity contribution is -0.120. The highest BCUT2D eigenvalue weighted by molar-refractivity contribution is 5.93. The Balaban J connectivity index is 1.56. The van der Waals surface area contributed by atoms with E-state index in [4.69, 9.17) is 0 Å². The van der Waals surface area contributed by atoms with Gasteiger partial charge in [-0.25, -0.2) is 4.79 Å². The van der Waals surface area contributed by atoms with Crippen LogP contribution in [0.25, 0.3) is 0 Å². The number of carbonyl (C=O) groups is 3. The Morgan fingerprint density at radius 3 is 2.07 bits per heavy atom. The summed E-state index contributed by atoms with van der Waals surface area (Å²) in [4.78, 5) is 35.8. The van der Waals surface area contributed by atoms with Crippen LogP contribution < -0.4 is 21.3 Å². The van der Waals surface area contributed by atoms with E-state index in [9.17, 15) is 14.4 Å². The second kappa shape index (κ2) is 9.23. The predicted octanol–water partition coefficient (Wildman–Crippen LogP) is 3.48. The van der Waals surface area contributed by atoms with E-state index in [1.165, 1.54) is 6.92 Å². The second-order valence-corrected chi connectivity index (χ2v) is 7.37. The Morgan fingerprint density at radius 1 is 0.931 bits per heavy atom. The standard InChI is InChI=1S/C22H26N4O3/c1-14-3-5-16(6-4-14)20(23-15(2)27)13-21(28)24-17-7-9-18(10-8-17)25-22(29)26-19-11-12-19/h3-10,19-20H,11-13H2,1-2H3,(H,23,27)(H,24,28)(H2,25,26,29). The maximum absolute atomic E-state index is 12.5. The largest absolute Gasteiger partial charge is 0.349 e. The molecule has 0 bridgehead atoms. The molecule has 152 valence electrons. The van der Waals surface area contributed by atoms with Gasteiger partial charge in [-0.1, -0.05) is 29.8 Å². The van der Waals surface area contributed by atoms with Crippen molar-refractivity contribution in [3.8, 4) is 0 Å². The van der Waals surface area contributed by atoms with Gasteiger partial charge in [0, 0.05) is 24.3 Å². The fourth-order valence-electron chi connectivity index (χ4n) is 2.91. The number of aryl methyl sites for hydroxylation is 1. The van der Waals surface area contributed by atoms with Gasteiger partial charge in [-0.15, -0.1) is 0 Å². The summed E-state index contributed by atoms with van der Waals surface area (Å²) >= 11 is 0. The highest BCUT2D eigenvalue weighted by atomic mass is 16.2. The Kier molecular flexibility index (Phi) is 6.49. The van der Waals surface area contributed by atoms with Gasteiger partial charge >= 0.3 is 6.03 Å². The van der Waals surface area contributed by atoms with Crippen LogP contribution in [-0.2, 0) is 9.59 Å². The number of hydrogen-bond acceptors (Lipinski definition) is 3.